The quantitative estimate of drug-likeness (QED) is 0.561. The van der Waals surface area contributed by atoms with Crippen molar-refractivity contribution in [3.63, 3.8) is 0 Å². The lowest BCUT2D eigenvalue weighted by molar-refractivity contribution is -0.143. The first kappa shape index (κ1) is 19.2. The van der Waals surface area contributed by atoms with Crippen LogP contribution in [0.4, 0.5) is 26.3 Å². The highest BCUT2D eigenvalue weighted by molar-refractivity contribution is 7.89. The SMILES string of the molecule is CN([C@@H]1C[C@@H]2C=C[C@@H]1C2)S(=O)(=O)c1cc(C(F)(F)F)cc(C(F)(F)F)c1. The summed E-state index contributed by atoms with van der Waals surface area (Å²) < 4.78 is 104. The highest BCUT2D eigenvalue weighted by Gasteiger charge is 2.43. The second kappa shape index (κ2) is 5.98. The van der Waals surface area contributed by atoms with Crippen LogP contribution in [0.3, 0.4) is 0 Å². The molecule has 2 aliphatic carbocycles. The van der Waals surface area contributed by atoms with Gasteiger partial charge in [-0.1, -0.05) is 12.2 Å². The molecule has 2 aliphatic rings. The fourth-order valence-corrected chi connectivity index (χ4v) is 5.07. The number of sulfonamides is 1. The molecule has 0 amide bonds. The Kier molecular flexibility index (Phi) is 4.42. The average Bonchev–Trinajstić information content (AvgIpc) is 3.15. The molecule has 0 aromatic heterocycles. The minimum atomic E-state index is -5.10. The summed E-state index contributed by atoms with van der Waals surface area (Å²) in [6, 6.07) is -0.0491. The fraction of sp³-hybridized carbons (Fsp3) is 0.500. The van der Waals surface area contributed by atoms with Crippen molar-refractivity contribution in [2.45, 2.75) is 36.1 Å². The van der Waals surface area contributed by atoms with Gasteiger partial charge in [0, 0.05) is 13.1 Å². The number of nitrogens with zero attached hydrogens (tertiary/aromatic N) is 1. The maximum Gasteiger partial charge on any atom is 0.416 e. The smallest absolute Gasteiger partial charge is 0.207 e. The Labute approximate surface area is 146 Å². The molecule has 144 valence electrons. The lowest BCUT2D eigenvalue weighted by Gasteiger charge is -2.29. The van der Waals surface area contributed by atoms with E-state index in [0.717, 1.165) is 10.7 Å². The van der Waals surface area contributed by atoms with Crippen LogP contribution in [0, 0.1) is 11.8 Å². The van der Waals surface area contributed by atoms with Gasteiger partial charge in [0.1, 0.15) is 0 Å². The lowest BCUT2D eigenvalue weighted by Crippen LogP contribution is -2.39. The number of rotatable bonds is 3. The van der Waals surface area contributed by atoms with Crippen LogP contribution >= 0.6 is 0 Å². The van der Waals surface area contributed by atoms with Crippen molar-refractivity contribution in [1.82, 2.24) is 4.31 Å². The molecule has 0 saturated heterocycles. The van der Waals surface area contributed by atoms with E-state index in [1.807, 2.05) is 12.2 Å². The van der Waals surface area contributed by atoms with Gasteiger partial charge in [0.2, 0.25) is 10.0 Å². The molecule has 0 aliphatic heterocycles. The zero-order valence-corrected chi connectivity index (χ0v) is 14.3. The van der Waals surface area contributed by atoms with Crippen molar-refractivity contribution >= 4 is 10.0 Å². The molecule has 26 heavy (non-hydrogen) atoms. The van der Waals surface area contributed by atoms with Gasteiger partial charge in [-0.15, -0.1) is 0 Å². The van der Waals surface area contributed by atoms with Crippen LogP contribution in [0.1, 0.15) is 24.0 Å². The molecular formula is C16H15F6NO2S. The summed E-state index contributed by atoms with van der Waals surface area (Å²) in [6.45, 7) is 0. The topological polar surface area (TPSA) is 37.4 Å². The molecule has 2 bridgehead atoms. The van der Waals surface area contributed by atoms with Crippen molar-refractivity contribution in [3.8, 4) is 0 Å². The third-order valence-electron chi connectivity index (χ3n) is 4.95. The molecule has 1 aromatic carbocycles. The Hall–Kier alpha value is -1.55. The zero-order chi connectivity index (χ0) is 19.5. The third-order valence-corrected chi connectivity index (χ3v) is 6.81. The Morgan fingerprint density at radius 2 is 1.46 bits per heavy atom. The molecule has 3 atom stereocenters. The van der Waals surface area contributed by atoms with Gasteiger partial charge >= 0.3 is 12.4 Å². The summed E-state index contributed by atoms with van der Waals surface area (Å²) in [5.74, 6) is 0.113. The van der Waals surface area contributed by atoms with E-state index in [1.165, 1.54) is 7.05 Å². The van der Waals surface area contributed by atoms with Crippen molar-refractivity contribution in [2.75, 3.05) is 7.05 Å². The first-order valence-electron chi connectivity index (χ1n) is 7.76. The van der Waals surface area contributed by atoms with Crippen LogP contribution < -0.4 is 0 Å². The molecule has 3 nitrogen and oxygen atoms in total. The van der Waals surface area contributed by atoms with Crippen LogP contribution in [0.25, 0.3) is 0 Å². The van der Waals surface area contributed by atoms with E-state index in [9.17, 15) is 34.8 Å². The number of benzene rings is 1. The van der Waals surface area contributed by atoms with Crippen LogP contribution in [0.15, 0.2) is 35.2 Å². The summed E-state index contributed by atoms with van der Waals surface area (Å²) in [4.78, 5) is -1.01. The minimum absolute atomic E-state index is 0.0762. The van der Waals surface area contributed by atoms with Gasteiger partial charge in [-0.05, 0) is 42.9 Å². The number of fused-ring (bicyclic) bond motifs is 2. The second-order valence-corrected chi connectivity index (χ2v) is 8.61. The summed E-state index contributed by atoms with van der Waals surface area (Å²) in [6.07, 6.45) is -5.16. The van der Waals surface area contributed by atoms with Gasteiger partial charge < -0.3 is 0 Å². The fourth-order valence-electron chi connectivity index (χ4n) is 3.59. The van der Waals surface area contributed by atoms with Crippen LogP contribution in [0.5, 0.6) is 0 Å². The first-order chi connectivity index (χ1) is 11.8. The molecule has 0 heterocycles. The largest absolute Gasteiger partial charge is 0.416 e. The Bertz CT molecular complexity index is 811. The Morgan fingerprint density at radius 1 is 0.923 bits per heavy atom. The van der Waals surface area contributed by atoms with Crippen molar-refractivity contribution in [3.05, 3.63) is 41.5 Å². The molecule has 0 radical (unpaired) electrons. The highest BCUT2D eigenvalue weighted by atomic mass is 32.2. The van der Waals surface area contributed by atoms with E-state index in [2.05, 4.69) is 0 Å². The molecule has 10 heteroatoms. The van der Waals surface area contributed by atoms with Gasteiger partial charge in [0.05, 0.1) is 16.0 Å². The van der Waals surface area contributed by atoms with Crippen LogP contribution in [-0.2, 0) is 22.4 Å². The molecule has 1 fully saturated rings. The zero-order valence-electron chi connectivity index (χ0n) is 13.5. The van der Waals surface area contributed by atoms with E-state index in [1.54, 1.807) is 0 Å². The van der Waals surface area contributed by atoms with Gasteiger partial charge in [-0.25, -0.2) is 8.42 Å². The normalized spacial score (nSPS) is 26.1. The van der Waals surface area contributed by atoms with Gasteiger partial charge in [0.15, 0.2) is 0 Å². The van der Waals surface area contributed by atoms with Crippen molar-refractivity contribution in [1.29, 1.82) is 0 Å². The summed E-state index contributed by atoms with van der Waals surface area (Å²) >= 11 is 0. The number of alkyl halides is 6. The Balaban J connectivity index is 2.05. The van der Waals surface area contributed by atoms with E-state index >= 15 is 0 Å². The summed E-state index contributed by atoms with van der Waals surface area (Å²) in [7, 11) is -3.31. The van der Waals surface area contributed by atoms with Gasteiger partial charge in [-0.2, -0.15) is 30.6 Å². The predicted octanol–water partition coefficient (Wildman–Crippen LogP) is 4.31. The predicted molar refractivity (Wildman–Crippen MR) is 80.5 cm³/mol. The van der Waals surface area contributed by atoms with E-state index in [4.69, 9.17) is 0 Å². The molecule has 1 saturated carbocycles. The number of allylic oxidation sites excluding steroid dienone is 1. The number of halogens is 6. The lowest BCUT2D eigenvalue weighted by atomic mass is 10.0. The highest BCUT2D eigenvalue weighted by Crippen LogP contribution is 2.43. The van der Waals surface area contributed by atoms with Crippen LogP contribution in [0.2, 0.25) is 0 Å². The molecule has 0 N–H and O–H groups in total. The van der Waals surface area contributed by atoms with E-state index in [-0.39, 0.29) is 30.0 Å². The van der Waals surface area contributed by atoms with Gasteiger partial charge in [-0.3, -0.25) is 0 Å². The third kappa shape index (κ3) is 3.36. The molecule has 0 spiro atoms. The van der Waals surface area contributed by atoms with Crippen molar-refractivity contribution in [2.24, 2.45) is 11.8 Å². The van der Waals surface area contributed by atoms with Crippen LogP contribution in [-0.4, -0.2) is 25.8 Å². The van der Waals surface area contributed by atoms with E-state index < -0.39 is 44.4 Å². The summed E-state index contributed by atoms with van der Waals surface area (Å²) in [5.41, 5.74) is -3.29. The molecule has 0 unspecified atom stereocenters. The summed E-state index contributed by atoms with van der Waals surface area (Å²) in [5, 5.41) is 0. The molecule has 3 rings (SSSR count). The molecular weight excluding hydrogens is 384 g/mol. The number of hydrogen-bond donors (Lipinski definition) is 0. The first-order valence-corrected chi connectivity index (χ1v) is 9.20. The van der Waals surface area contributed by atoms with Crippen molar-refractivity contribution < 1.29 is 34.8 Å². The second-order valence-electron chi connectivity index (χ2n) is 6.61. The average molecular weight is 399 g/mol. The Morgan fingerprint density at radius 3 is 1.85 bits per heavy atom. The molecule has 1 aromatic rings. The number of hydrogen-bond acceptors (Lipinski definition) is 2. The van der Waals surface area contributed by atoms with Gasteiger partial charge in [0.25, 0.3) is 0 Å². The standard InChI is InChI=1S/C16H15F6NO2S/c1-23(14-5-9-2-3-10(14)4-9)26(24,25)13-7-11(15(17,18)19)6-12(8-13)16(20,21)22/h2-3,6-10,14H,4-5H2,1H3/t9-,10-,14-/m1/s1. The maximum absolute atomic E-state index is 13.0. The maximum atomic E-state index is 13.0. The van der Waals surface area contributed by atoms with E-state index in [0.29, 0.717) is 6.42 Å². The monoisotopic (exact) mass is 399 g/mol. The minimum Gasteiger partial charge on any atom is -0.207 e.